The molecule has 0 radical (unpaired) electrons. The first kappa shape index (κ1) is 27.1. The Morgan fingerprint density at radius 1 is 1.19 bits per heavy atom. The van der Waals surface area contributed by atoms with E-state index in [0.717, 1.165) is 67.5 Å². The number of aryl methyl sites for hydroxylation is 2. The van der Waals surface area contributed by atoms with Crippen LogP contribution in [0.15, 0.2) is 48.9 Å². The fraction of sp³-hybridized carbons (Fsp3) is 0.533. The largest absolute Gasteiger partial charge is 0.497 e. The topological polar surface area (TPSA) is 87.8 Å². The van der Waals surface area contributed by atoms with E-state index in [0.29, 0.717) is 24.7 Å². The Labute approximate surface area is 220 Å². The van der Waals surface area contributed by atoms with Crippen LogP contribution in [0.5, 0.6) is 5.75 Å². The number of methoxy groups -OCH3 is 1. The minimum absolute atomic E-state index is 0.209. The van der Waals surface area contributed by atoms with Gasteiger partial charge < -0.3 is 24.4 Å². The highest BCUT2D eigenvalue weighted by atomic mass is 16.5. The molecule has 1 aliphatic rings. The molecule has 0 amide bonds. The minimum atomic E-state index is -0.726. The maximum atomic E-state index is 11.3. The lowest BCUT2D eigenvalue weighted by molar-refractivity contribution is -0.137. The maximum absolute atomic E-state index is 11.3. The van der Waals surface area contributed by atoms with Crippen LogP contribution in [0, 0.1) is 11.8 Å². The van der Waals surface area contributed by atoms with Crippen molar-refractivity contribution in [3.8, 4) is 5.75 Å². The summed E-state index contributed by atoms with van der Waals surface area (Å²) < 4.78 is 7.47. The summed E-state index contributed by atoms with van der Waals surface area (Å²) in [6.07, 6.45) is 12.4. The third-order valence-corrected chi connectivity index (χ3v) is 7.94. The highest BCUT2D eigenvalue weighted by Gasteiger charge is 2.30. The average Bonchev–Trinajstić information content (AvgIpc) is 3.33. The van der Waals surface area contributed by atoms with Gasteiger partial charge in [0.25, 0.3) is 0 Å². The van der Waals surface area contributed by atoms with Gasteiger partial charge in [0.05, 0.1) is 18.7 Å². The normalized spacial score (nSPS) is 19.2. The zero-order valence-corrected chi connectivity index (χ0v) is 22.2. The summed E-state index contributed by atoms with van der Waals surface area (Å²) >= 11 is 0. The SMILES string of the molecule is COc1ccc2nccc([C@@H](O)CCC3CCN(CCCCc4ccn(C)c4)CC3CCC(=O)O)c2c1. The smallest absolute Gasteiger partial charge is 0.303 e. The van der Waals surface area contributed by atoms with Gasteiger partial charge in [-0.1, -0.05) is 0 Å². The van der Waals surface area contributed by atoms with Crippen molar-refractivity contribution in [1.29, 1.82) is 0 Å². The van der Waals surface area contributed by atoms with E-state index in [4.69, 9.17) is 4.74 Å². The van der Waals surface area contributed by atoms with Crippen LogP contribution in [0.3, 0.4) is 0 Å². The number of hydrogen-bond donors (Lipinski definition) is 2. The number of benzene rings is 1. The average molecular weight is 508 g/mol. The van der Waals surface area contributed by atoms with Crippen molar-refractivity contribution in [1.82, 2.24) is 14.5 Å². The van der Waals surface area contributed by atoms with Crippen molar-refractivity contribution in [2.24, 2.45) is 18.9 Å². The molecule has 0 spiro atoms. The molecule has 3 aromatic rings. The van der Waals surface area contributed by atoms with E-state index < -0.39 is 12.1 Å². The lowest BCUT2D eigenvalue weighted by atomic mass is 9.79. The van der Waals surface area contributed by atoms with Crippen molar-refractivity contribution >= 4 is 16.9 Å². The van der Waals surface area contributed by atoms with Crippen LogP contribution in [0.2, 0.25) is 0 Å². The van der Waals surface area contributed by atoms with E-state index in [2.05, 4.69) is 40.0 Å². The zero-order chi connectivity index (χ0) is 26.2. The number of piperidine rings is 1. The Kier molecular flexibility index (Phi) is 9.58. The number of aliphatic carboxylic acids is 1. The van der Waals surface area contributed by atoms with Crippen LogP contribution in [-0.2, 0) is 18.3 Å². The Bertz CT molecular complexity index is 1160. The number of ether oxygens (including phenoxy) is 1. The minimum Gasteiger partial charge on any atom is -0.497 e. The van der Waals surface area contributed by atoms with Crippen LogP contribution >= 0.6 is 0 Å². The van der Waals surface area contributed by atoms with E-state index in [1.807, 2.05) is 24.3 Å². The number of carboxylic acid groups (broad SMARTS) is 1. The molecular weight excluding hydrogens is 466 g/mol. The van der Waals surface area contributed by atoms with Gasteiger partial charge in [-0.15, -0.1) is 0 Å². The second-order valence-electron chi connectivity index (χ2n) is 10.6. The molecule has 2 unspecified atom stereocenters. The Morgan fingerprint density at radius 3 is 2.81 bits per heavy atom. The Balaban J connectivity index is 1.32. The molecule has 2 N–H and O–H groups in total. The summed E-state index contributed by atoms with van der Waals surface area (Å²) in [7, 11) is 3.70. The van der Waals surface area contributed by atoms with Crippen molar-refractivity contribution in [3.63, 3.8) is 0 Å². The summed E-state index contributed by atoms with van der Waals surface area (Å²) in [6.45, 7) is 3.07. The molecule has 0 aliphatic carbocycles. The number of fused-ring (bicyclic) bond motifs is 1. The fourth-order valence-electron chi connectivity index (χ4n) is 5.84. The summed E-state index contributed by atoms with van der Waals surface area (Å²) in [6, 6.07) is 9.82. The molecule has 3 heterocycles. The third kappa shape index (κ3) is 7.55. The van der Waals surface area contributed by atoms with Crippen LogP contribution < -0.4 is 4.74 Å². The van der Waals surface area contributed by atoms with Crippen molar-refractivity contribution in [2.45, 2.75) is 57.5 Å². The first-order valence-corrected chi connectivity index (χ1v) is 13.6. The monoisotopic (exact) mass is 507 g/mol. The van der Waals surface area contributed by atoms with Crippen molar-refractivity contribution in [2.75, 3.05) is 26.7 Å². The van der Waals surface area contributed by atoms with Gasteiger partial charge in [-0.3, -0.25) is 9.78 Å². The number of rotatable bonds is 13. The number of unbranched alkanes of at least 4 members (excludes halogenated alkanes) is 1. The fourth-order valence-corrected chi connectivity index (χ4v) is 5.84. The number of aliphatic hydroxyl groups excluding tert-OH is 1. The Morgan fingerprint density at radius 2 is 2.05 bits per heavy atom. The van der Waals surface area contributed by atoms with Crippen LogP contribution in [0.1, 0.15) is 62.2 Å². The second-order valence-corrected chi connectivity index (χ2v) is 10.6. The molecule has 1 fully saturated rings. The first-order chi connectivity index (χ1) is 17.9. The van der Waals surface area contributed by atoms with Gasteiger partial charge >= 0.3 is 5.97 Å². The van der Waals surface area contributed by atoms with E-state index in [9.17, 15) is 15.0 Å². The number of carboxylic acids is 1. The van der Waals surface area contributed by atoms with E-state index in [1.165, 1.54) is 12.0 Å². The lowest BCUT2D eigenvalue weighted by Gasteiger charge is -2.39. The van der Waals surface area contributed by atoms with Crippen LogP contribution in [0.4, 0.5) is 0 Å². The van der Waals surface area contributed by atoms with E-state index >= 15 is 0 Å². The van der Waals surface area contributed by atoms with Crippen molar-refractivity contribution < 1.29 is 19.7 Å². The standard InChI is InChI=1S/C30H41N3O4/c1-32-17-13-22(20-32)5-3-4-16-33-18-14-23(24(21-33)7-11-30(35)36)6-10-29(34)26-12-15-31-28-9-8-25(37-2)19-27(26)28/h8-9,12-13,15,17,19-20,23-24,29,34H,3-7,10-11,14,16,18,21H2,1-2H3,(H,35,36)/t23?,24?,29-/m0/s1. The summed E-state index contributed by atoms with van der Waals surface area (Å²) in [4.78, 5) is 18.3. The van der Waals surface area contributed by atoms with Gasteiger partial charge in [0.2, 0.25) is 0 Å². The number of pyridine rings is 1. The van der Waals surface area contributed by atoms with Gasteiger partial charge in [0.1, 0.15) is 5.75 Å². The molecule has 37 heavy (non-hydrogen) atoms. The number of aromatic nitrogens is 2. The Hall–Kier alpha value is -2.90. The van der Waals surface area contributed by atoms with Crippen LogP contribution in [-0.4, -0.2) is 57.4 Å². The second kappa shape index (κ2) is 13.1. The third-order valence-electron chi connectivity index (χ3n) is 7.94. The number of likely N-dealkylation sites (tertiary alicyclic amines) is 1. The summed E-state index contributed by atoms with van der Waals surface area (Å²) in [5.74, 6) is 0.799. The summed E-state index contributed by atoms with van der Waals surface area (Å²) in [5.41, 5.74) is 3.11. The van der Waals surface area contributed by atoms with Crippen LogP contribution in [0.25, 0.3) is 10.9 Å². The molecule has 200 valence electrons. The van der Waals surface area contributed by atoms with Gasteiger partial charge in [-0.25, -0.2) is 0 Å². The van der Waals surface area contributed by atoms with Gasteiger partial charge in [-0.05, 0) is 111 Å². The lowest BCUT2D eigenvalue weighted by Crippen LogP contribution is -2.41. The molecule has 2 aromatic heterocycles. The quantitative estimate of drug-likeness (QED) is 0.308. The number of aliphatic hydroxyl groups is 1. The number of hydrogen-bond acceptors (Lipinski definition) is 5. The molecule has 1 aliphatic heterocycles. The van der Waals surface area contributed by atoms with Gasteiger partial charge in [-0.2, -0.15) is 0 Å². The molecule has 0 bridgehead atoms. The zero-order valence-electron chi connectivity index (χ0n) is 22.2. The predicted molar refractivity (Wildman–Crippen MR) is 146 cm³/mol. The molecule has 1 aromatic carbocycles. The highest BCUT2D eigenvalue weighted by molar-refractivity contribution is 5.83. The van der Waals surface area contributed by atoms with Gasteiger partial charge in [0.15, 0.2) is 0 Å². The summed E-state index contributed by atoms with van der Waals surface area (Å²) in [5, 5.41) is 21.4. The first-order valence-electron chi connectivity index (χ1n) is 13.6. The molecule has 1 saturated heterocycles. The van der Waals surface area contributed by atoms with E-state index in [1.54, 1.807) is 13.3 Å². The maximum Gasteiger partial charge on any atom is 0.303 e. The van der Waals surface area contributed by atoms with Crippen molar-refractivity contribution in [3.05, 3.63) is 60.0 Å². The predicted octanol–water partition coefficient (Wildman–Crippen LogP) is 5.22. The molecule has 7 nitrogen and oxygen atoms in total. The molecule has 0 saturated carbocycles. The van der Waals surface area contributed by atoms with E-state index in [-0.39, 0.29) is 6.42 Å². The molecule has 7 heteroatoms. The molecule has 4 rings (SSSR count). The molecular formula is C30H41N3O4. The number of nitrogens with zero attached hydrogens (tertiary/aromatic N) is 3. The van der Waals surface area contributed by atoms with Gasteiger partial charge in [0, 0.05) is 44.0 Å². The number of carbonyl (C=O) groups is 1. The molecule has 3 atom stereocenters. The highest BCUT2D eigenvalue weighted by Crippen LogP contribution is 2.35.